The summed E-state index contributed by atoms with van der Waals surface area (Å²) >= 11 is 0. The van der Waals surface area contributed by atoms with Gasteiger partial charge in [0.1, 0.15) is 6.04 Å². The summed E-state index contributed by atoms with van der Waals surface area (Å²) in [5, 5.41) is 1.68. The molecule has 2 atom stereocenters. The summed E-state index contributed by atoms with van der Waals surface area (Å²) in [6.45, 7) is -0.123. The van der Waals surface area contributed by atoms with Crippen molar-refractivity contribution in [2.45, 2.75) is 23.8 Å². The third kappa shape index (κ3) is 3.68. The van der Waals surface area contributed by atoms with Crippen molar-refractivity contribution in [3.8, 4) is 0 Å². The largest absolute Gasteiger partial charge is 0.469 e. The quantitative estimate of drug-likeness (QED) is 0.740. The van der Waals surface area contributed by atoms with E-state index >= 15 is 0 Å². The number of esters is 2. The number of methoxy groups -OCH3 is 2. The Morgan fingerprint density at radius 1 is 0.963 bits per heavy atom. The predicted octanol–water partition coefficient (Wildman–Crippen LogP) is 1.96. The monoisotopic (exact) mass is 391 g/mol. The summed E-state index contributed by atoms with van der Waals surface area (Å²) in [5.41, 5.74) is 0. The number of rotatable bonds is 4. The number of hydrogen-bond donors (Lipinski definition) is 0. The lowest BCUT2D eigenvalue weighted by atomic mass is 9.95. The highest BCUT2D eigenvalue weighted by Gasteiger charge is 2.43. The molecule has 2 unspecified atom stereocenters. The Labute approximate surface area is 157 Å². The van der Waals surface area contributed by atoms with Gasteiger partial charge in [-0.2, -0.15) is 4.31 Å². The van der Waals surface area contributed by atoms with Crippen molar-refractivity contribution in [3.63, 3.8) is 0 Å². The van der Waals surface area contributed by atoms with Crippen LogP contribution in [0.3, 0.4) is 0 Å². The Morgan fingerprint density at radius 3 is 2.30 bits per heavy atom. The van der Waals surface area contributed by atoms with Crippen LogP contribution in [-0.2, 0) is 29.1 Å². The third-order valence-electron chi connectivity index (χ3n) is 4.87. The first-order valence-electron chi connectivity index (χ1n) is 8.54. The van der Waals surface area contributed by atoms with Gasteiger partial charge in [0, 0.05) is 6.54 Å². The van der Waals surface area contributed by atoms with Crippen LogP contribution in [0, 0.1) is 5.92 Å². The molecule has 1 heterocycles. The third-order valence-corrected chi connectivity index (χ3v) is 6.74. The Hall–Kier alpha value is -2.45. The molecule has 1 fully saturated rings. The zero-order valence-electron chi connectivity index (χ0n) is 15.1. The molecule has 144 valence electrons. The van der Waals surface area contributed by atoms with Gasteiger partial charge in [-0.25, -0.2) is 8.42 Å². The lowest BCUT2D eigenvalue weighted by Gasteiger charge is -2.36. The molecule has 0 spiro atoms. The molecule has 0 N–H and O–H groups in total. The summed E-state index contributed by atoms with van der Waals surface area (Å²) in [5.74, 6) is -1.74. The van der Waals surface area contributed by atoms with Gasteiger partial charge in [-0.3, -0.25) is 9.59 Å². The van der Waals surface area contributed by atoms with E-state index in [2.05, 4.69) is 0 Å². The van der Waals surface area contributed by atoms with Crippen LogP contribution in [0.2, 0.25) is 0 Å². The molecule has 2 aromatic rings. The molecular formula is C19H21NO6S. The summed E-state index contributed by atoms with van der Waals surface area (Å²) in [6.07, 6.45) is 0.551. The van der Waals surface area contributed by atoms with Crippen LogP contribution in [0.15, 0.2) is 47.4 Å². The van der Waals surface area contributed by atoms with Crippen molar-refractivity contribution >= 4 is 32.7 Å². The minimum absolute atomic E-state index is 0.0700. The molecule has 0 radical (unpaired) electrons. The number of benzene rings is 2. The van der Waals surface area contributed by atoms with Gasteiger partial charge >= 0.3 is 11.9 Å². The second kappa shape index (κ2) is 7.66. The second-order valence-corrected chi connectivity index (χ2v) is 8.31. The van der Waals surface area contributed by atoms with Crippen LogP contribution < -0.4 is 0 Å². The standard InChI is InChI=1S/C19H21NO6S/c1-25-18(21)15-8-10-17(19(22)26-2)20(12-15)27(23,24)16-9-7-13-5-3-4-6-14(13)11-16/h3-7,9,11,15,17H,8,10,12H2,1-2H3. The molecule has 3 rings (SSSR count). The number of carbonyl (C=O) groups is 2. The highest BCUT2D eigenvalue weighted by molar-refractivity contribution is 7.89. The zero-order valence-corrected chi connectivity index (χ0v) is 15.9. The topological polar surface area (TPSA) is 90.0 Å². The maximum absolute atomic E-state index is 13.3. The van der Waals surface area contributed by atoms with E-state index in [1.807, 2.05) is 24.3 Å². The maximum Gasteiger partial charge on any atom is 0.324 e. The minimum Gasteiger partial charge on any atom is -0.469 e. The lowest BCUT2D eigenvalue weighted by Crippen LogP contribution is -2.52. The van der Waals surface area contributed by atoms with Gasteiger partial charge in [0.2, 0.25) is 10.0 Å². The van der Waals surface area contributed by atoms with Crippen LogP contribution in [0.25, 0.3) is 10.8 Å². The smallest absolute Gasteiger partial charge is 0.324 e. The van der Waals surface area contributed by atoms with E-state index in [0.29, 0.717) is 6.42 Å². The van der Waals surface area contributed by atoms with Gasteiger partial charge in [-0.1, -0.05) is 30.3 Å². The highest BCUT2D eigenvalue weighted by Crippen LogP contribution is 2.30. The predicted molar refractivity (Wildman–Crippen MR) is 98.4 cm³/mol. The number of ether oxygens (including phenoxy) is 2. The van der Waals surface area contributed by atoms with Gasteiger partial charge in [-0.05, 0) is 35.7 Å². The number of sulfonamides is 1. The normalized spacial score (nSPS) is 21.0. The first-order valence-corrected chi connectivity index (χ1v) is 9.98. The van der Waals surface area contributed by atoms with E-state index in [1.165, 1.54) is 20.3 Å². The molecule has 7 nitrogen and oxygen atoms in total. The maximum atomic E-state index is 13.3. The second-order valence-electron chi connectivity index (χ2n) is 6.42. The molecule has 0 bridgehead atoms. The van der Waals surface area contributed by atoms with Crippen LogP contribution in [0.4, 0.5) is 0 Å². The summed E-state index contributed by atoms with van der Waals surface area (Å²) in [6, 6.07) is 11.2. The van der Waals surface area contributed by atoms with Gasteiger partial charge in [0.05, 0.1) is 25.0 Å². The SMILES string of the molecule is COC(=O)C1CCC(C(=O)OC)N(S(=O)(=O)c2ccc3ccccc3c2)C1. The lowest BCUT2D eigenvalue weighted by molar-refractivity contribution is -0.152. The van der Waals surface area contributed by atoms with E-state index in [-0.39, 0.29) is 17.9 Å². The Balaban J connectivity index is 2.02. The van der Waals surface area contributed by atoms with Crippen molar-refractivity contribution in [2.75, 3.05) is 20.8 Å². The number of piperidine rings is 1. The summed E-state index contributed by atoms with van der Waals surface area (Å²) in [4.78, 5) is 24.2. The van der Waals surface area contributed by atoms with E-state index in [9.17, 15) is 18.0 Å². The number of nitrogens with zero attached hydrogens (tertiary/aromatic N) is 1. The Morgan fingerprint density at radius 2 is 1.63 bits per heavy atom. The molecule has 1 saturated heterocycles. The van der Waals surface area contributed by atoms with Crippen molar-refractivity contribution in [3.05, 3.63) is 42.5 Å². The van der Waals surface area contributed by atoms with Crippen molar-refractivity contribution in [1.82, 2.24) is 4.31 Å². The molecule has 2 aromatic carbocycles. The van der Waals surface area contributed by atoms with Gasteiger partial charge in [-0.15, -0.1) is 0 Å². The van der Waals surface area contributed by atoms with Crippen molar-refractivity contribution in [1.29, 1.82) is 0 Å². The number of carbonyl (C=O) groups excluding carboxylic acids is 2. The van der Waals surface area contributed by atoms with Gasteiger partial charge in [0.15, 0.2) is 0 Å². The zero-order chi connectivity index (χ0) is 19.6. The first kappa shape index (κ1) is 19.3. The van der Waals surface area contributed by atoms with Crippen LogP contribution in [0.1, 0.15) is 12.8 Å². The molecule has 8 heteroatoms. The van der Waals surface area contributed by atoms with E-state index in [4.69, 9.17) is 9.47 Å². The van der Waals surface area contributed by atoms with Crippen molar-refractivity contribution in [2.24, 2.45) is 5.92 Å². The Bertz CT molecular complexity index is 971. The average molecular weight is 391 g/mol. The fraction of sp³-hybridized carbons (Fsp3) is 0.368. The van der Waals surface area contributed by atoms with Crippen molar-refractivity contribution < 1.29 is 27.5 Å². The summed E-state index contributed by atoms with van der Waals surface area (Å²) in [7, 11) is -1.53. The number of hydrogen-bond acceptors (Lipinski definition) is 6. The average Bonchev–Trinajstić information content (AvgIpc) is 2.71. The first-order chi connectivity index (χ1) is 12.9. The van der Waals surface area contributed by atoms with E-state index in [1.54, 1.807) is 12.1 Å². The fourth-order valence-corrected chi connectivity index (χ4v) is 5.09. The summed E-state index contributed by atoms with van der Waals surface area (Å²) < 4.78 is 37.2. The molecule has 1 aliphatic heterocycles. The molecule has 0 aromatic heterocycles. The molecule has 0 aliphatic carbocycles. The van der Waals surface area contributed by atoms with Crippen LogP contribution in [-0.4, -0.2) is 51.5 Å². The molecule has 0 amide bonds. The van der Waals surface area contributed by atoms with E-state index < -0.39 is 33.9 Å². The number of fused-ring (bicyclic) bond motifs is 1. The minimum atomic E-state index is -4.01. The van der Waals surface area contributed by atoms with Gasteiger partial charge in [0.25, 0.3) is 0 Å². The van der Waals surface area contributed by atoms with Gasteiger partial charge < -0.3 is 9.47 Å². The highest BCUT2D eigenvalue weighted by atomic mass is 32.2. The Kier molecular flexibility index (Phi) is 5.48. The molecular weight excluding hydrogens is 370 g/mol. The molecule has 1 aliphatic rings. The van der Waals surface area contributed by atoms with Crippen LogP contribution >= 0.6 is 0 Å². The molecule has 27 heavy (non-hydrogen) atoms. The van der Waals surface area contributed by atoms with Crippen LogP contribution in [0.5, 0.6) is 0 Å². The fourth-order valence-electron chi connectivity index (χ4n) is 3.40. The van der Waals surface area contributed by atoms with E-state index in [0.717, 1.165) is 15.1 Å². The molecule has 0 saturated carbocycles.